The van der Waals surface area contributed by atoms with E-state index < -0.39 is 16.9 Å². The van der Waals surface area contributed by atoms with Crippen molar-refractivity contribution in [2.45, 2.75) is 26.8 Å². The van der Waals surface area contributed by atoms with E-state index in [1.165, 1.54) is 19.2 Å². The van der Waals surface area contributed by atoms with Crippen molar-refractivity contribution in [1.29, 1.82) is 0 Å². The Labute approximate surface area is 157 Å². The van der Waals surface area contributed by atoms with Gasteiger partial charge in [-0.1, -0.05) is 32.9 Å². The van der Waals surface area contributed by atoms with Crippen molar-refractivity contribution < 1.29 is 14.5 Å². The van der Waals surface area contributed by atoms with Crippen LogP contribution >= 0.6 is 12.2 Å². The maximum Gasteiger partial charge on any atom is 0.337 e. The van der Waals surface area contributed by atoms with Gasteiger partial charge in [-0.05, 0) is 29.9 Å². The highest BCUT2D eigenvalue weighted by atomic mass is 32.1. The van der Waals surface area contributed by atoms with E-state index >= 15 is 0 Å². The largest absolute Gasteiger partial charge is 0.466 e. The minimum absolute atomic E-state index is 0.0217. The molecule has 8 heteroatoms. The van der Waals surface area contributed by atoms with E-state index in [0.29, 0.717) is 16.4 Å². The van der Waals surface area contributed by atoms with E-state index in [4.69, 9.17) is 17.0 Å². The van der Waals surface area contributed by atoms with Gasteiger partial charge in [-0.25, -0.2) is 4.79 Å². The third kappa shape index (κ3) is 4.45. The van der Waals surface area contributed by atoms with Gasteiger partial charge in [0.05, 0.1) is 23.6 Å². The standard InChI is InChI=1S/C18H21N3O4S/c1-18(2,3)15-14(16(22)25-4)13(19-17(26)20-15)10-7-11-5-8-12(9-6-11)21(23)24/h5-10,13H,1-4H3,(H2,19,20,26)/b10-7+/t13-/m0/s1. The van der Waals surface area contributed by atoms with Crippen LogP contribution in [-0.4, -0.2) is 29.2 Å². The zero-order valence-corrected chi connectivity index (χ0v) is 15.8. The number of hydrogen-bond acceptors (Lipinski definition) is 5. The molecule has 0 unspecified atom stereocenters. The van der Waals surface area contributed by atoms with Crippen molar-refractivity contribution in [1.82, 2.24) is 10.6 Å². The molecule has 1 aliphatic heterocycles. The first-order valence-electron chi connectivity index (χ1n) is 7.96. The number of methoxy groups -OCH3 is 1. The van der Waals surface area contributed by atoms with Gasteiger partial charge in [-0.15, -0.1) is 0 Å². The first-order chi connectivity index (χ1) is 12.1. The molecule has 1 atom stereocenters. The minimum atomic E-state index is -0.472. The summed E-state index contributed by atoms with van der Waals surface area (Å²) in [6.07, 6.45) is 3.56. The first-order valence-corrected chi connectivity index (χ1v) is 8.37. The number of esters is 1. The van der Waals surface area contributed by atoms with Gasteiger partial charge in [-0.2, -0.15) is 0 Å². The van der Waals surface area contributed by atoms with Gasteiger partial charge in [0.15, 0.2) is 5.11 Å². The van der Waals surface area contributed by atoms with Crippen LogP contribution in [0, 0.1) is 15.5 Å². The number of hydrogen-bond donors (Lipinski definition) is 2. The highest BCUT2D eigenvalue weighted by Gasteiger charge is 2.34. The lowest BCUT2D eigenvalue weighted by Crippen LogP contribution is -2.51. The molecule has 0 spiro atoms. The lowest BCUT2D eigenvalue weighted by Gasteiger charge is -2.35. The van der Waals surface area contributed by atoms with E-state index in [1.807, 2.05) is 20.8 Å². The van der Waals surface area contributed by atoms with Gasteiger partial charge in [0, 0.05) is 23.2 Å². The number of ether oxygens (including phenoxy) is 1. The Hall–Kier alpha value is -2.74. The summed E-state index contributed by atoms with van der Waals surface area (Å²) in [5, 5.41) is 17.3. The number of nitrogens with one attached hydrogen (secondary N) is 2. The van der Waals surface area contributed by atoms with Gasteiger partial charge < -0.3 is 15.4 Å². The monoisotopic (exact) mass is 375 g/mol. The molecule has 0 amide bonds. The Morgan fingerprint density at radius 3 is 2.42 bits per heavy atom. The number of nitrogens with zero attached hydrogens (tertiary/aromatic N) is 1. The second-order valence-corrected chi connectivity index (χ2v) is 7.22. The molecule has 0 saturated heterocycles. The van der Waals surface area contributed by atoms with Gasteiger partial charge in [-0.3, -0.25) is 10.1 Å². The molecule has 0 aliphatic carbocycles. The van der Waals surface area contributed by atoms with Crippen molar-refractivity contribution in [2.75, 3.05) is 7.11 Å². The molecule has 1 aromatic rings. The van der Waals surface area contributed by atoms with Crippen LogP contribution in [0.15, 0.2) is 41.6 Å². The highest BCUT2D eigenvalue weighted by molar-refractivity contribution is 7.80. The Morgan fingerprint density at radius 1 is 1.31 bits per heavy atom. The number of non-ortho nitro benzene ring substituents is 1. The maximum atomic E-state index is 12.4. The highest BCUT2D eigenvalue weighted by Crippen LogP contribution is 2.30. The van der Waals surface area contributed by atoms with Crippen molar-refractivity contribution >= 4 is 35.1 Å². The molecule has 2 N–H and O–H groups in total. The number of nitro benzene ring substituents is 1. The zero-order valence-electron chi connectivity index (χ0n) is 15.0. The summed E-state index contributed by atoms with van der Waals surface area (Å²) in [4.78, 5) is 22.6. The average Bonchev–Trinajstić information content (AvgIpc) is 2.58. The average molecular weight is 375 g/mol. The van der Waals surface area contributed by atoms with E-state index in [1.54, 1.807) is 24.3 Å². The number of carbonyl (C=O) groups is 1. The molecule has 0 bridgehead atoms. The lowest BCUT2D eigenvalue weighted by atomic mass is 9.85. The predicted molar refractivity (Wildman–Crippen MR) is 103 cm³/mol. The van der Waals surface area contributed by atoms with Crippen LogP contribution in [0.3, 0.4) is 0 Å². The number of carbonyl (C=O) groups excluding carboxylic acids is 1. The SMILES string of the molecule is COC(=O)C1=C(C(C)(C)C)NC(=S)N[C@H]1/C=C/c1ccc([N+](=O)[O-])cc1. The van der Waals surface area contributed by atoms with E-state index in [9.17, 15) is 14.9 Å². The molecule has 1 aliphatic rings. The third-order valence-electron chi connectivity index (χ3n) is 3.85. The van der Waals surface area contributed by atoms with Gasteiger partial charge in [0.25, 0.3) is 5.69 Å². The second kappa shape index (κ2) is 7.65. The summed E-state index contributed by atoms with van der Waals surface area (Å²) in [5.41, 5.74) is 1.60. The molecule has 1 aromatic carbocycles. The fourth-order valence-electron chi connectivity index (χ4n) is 2.58. The van der Waals surface area contributed by atoms with Gasteiger partial charge in [0.1, 0.15) is 0 Å². The number of nitro groups is 1. The van der Waals surface area contributed by atoms with E-state index in [2.05, 4.69) is 10.6 Å². The maximum absolute atomic E-state index is 12.4. The summed E-state index contributed by atoms with van der Waals surface area (Å²) in [5.74, 6) is -0.448. The second-order valence-electron chi connectivity index (χ2n) is 6.81. The number of thiocarbonyl (C=S) groups is 1. The molecule has 0 fully saturated rings. The summed E-state index contributed by atoms with van der Waals surface area (Å²) >= 11 is 5.26. The van der Waals surface area contributed by atoms with Gasteiger partial charge in [0.2, 0.25) is 0 Å². The van der Waals surface area contributed by atoms with Crippen molar-refractivity contribution in [3.05, 3.63) is 57.3 Å². The first kappa shape index (κ1) is 19.6. The Kier molecular flexibility index (Phi) is 5.76. The third-order valence-corrected chi connectivity index (χ3v) is 4.07. The normalized spacial score (nSPS) is 17.7. The summed E-state index contributed by atoms with van der Waals surface area (Å²) < 4.78 is 4.95. The molecular weight excluding hydrogens is 354 g/mol. The van der Waals surface area contributed by atoms with Crippen molar-refractivity contribution in [3.8, 4) is 0 Å². The van der Waals surface area contributed by atoms with E-state index in [0.717, 1.165) is 5.56 Å². The molecular formula is C18H21N3O4S. The summed E-state index contributed by atoms with van der Waals surface area (Å²) in [7, 11) is 1.33. The van der Waals surface area contributed by atoms with Crippen LogP contribution in [-0.2, 0) is 9.53 Å². The van der Waals surface area contributed by atoms with Crippen LogP contribution < -0.4 is 10.6 Å². The Bertz CT molecular complexity index is 792. The summed E-state index contributed by atoms with van der Waals surface area (Å²) in [6, 6.07) is 5.66. The number of allylic oxidation sites excluding steroid dienone is 1. The fraction of sp³-hybridized carbons (Fsp3) is 0.333. The molecule has 0 radical (unpaired) electrons. The predicted octanol–water partition coefficient (Wildman–Crippen LogP) is 2.93. The Morgan fingerprint density at radius 2 is 1.92 bits per heavy atom. The van der Waals surface area contributed by atoms with Gasteiger partial charge >= 0.3 is 5.97 Å². The molecule has 1 heterocycles. The number of rotatable bonds is 4. The lowest BCUT2D eigenvalue weighted by molar-refractivity contribution is -0.384. The Balaban J connectivity index is 2.39. The fourth-order valence-corrected chi connectivity index (χ4v) is 2.80. The van der Waals surface area contributed by atoms with Crippen LogP contribution in [0.5, 0.6) is 0 Å². The van der Waals surface area contributed by atoms with E-state index in [-0.39, 0.29) is 11.1 Å². The minimum Gasteiger partial charge on any atom is -0.466 e. The number of benzene rings is 1. The molecule has 26 heavy (non-hydrogen) atoms. The smallest absolute Gasteiger partial charge is 0.337 e. The summed E-state index contributed by atoms with van der Waals surface area (Å²) in [6.45, 7) is 5.93. The molecule has 0 saturated carbocycles. The quantitative estimate of drug-likeness (QED) is 0.362. The molecule has 138 valence electrons. The van der Waals surface area contributed by atoms with Crippen LogP contribution in [0.1, 0.15) is 26.3 Å². The van der Waals surface area contributed by atoms with Crippen LogP contribution in [0.4, 0.5) is 5.69 Å². The van der Waals surface area contributed by atoms with Crippen molar-refractivity contribution in [2.24, 2.45) is 5.41 Å². The molecule has 2 rings (SSSR count). The van der Waals surface area contributed by atoms with Crippen molar-refractivity contribution in [3.63, 3.8) is 0 Å². The van der Waals surface area contributed by atoms with Crippen LogP contribution in [0.2, 0.25) is 0 Å². The molecule has 7 nitrogen and oxygen atoms in total. The van der Waals surface area contributed by atoms with Crippen LogP contribution in [0.25, 0.3) is 6.08 Å². The topological polar surface area (TPSA) is 93.5 Å². The molecule has 0 aromatic heterocycles. The zero-order chi connectivity index (χ0) is 19.5.